The Morgan fingerprint density at radius 3 is 2.60 bits per heavy atom. The average molecular weight is 201 g/mol. The maximum Gasteiger partial charge on any atom is 0.251 e. The lowest BCUT2D eigenvalue weighted by Crippen LogP contribution is -2.11. The predicted octanol–water partition coefficient (Wildman–Crippen LogP) is 2.71. The van der Waals surface area contributed by atoms with E-state index in [4.69, 9.17) is 0 Å². The summed E-state index contributed by atoms with van der Waals surface area (Å²) in [5.74, 6) is 0. The van der Waals surface area contributed by atoms with Crippen molar-refractivity contribution in [2.45, 2.75) is 27.2 Å². The zero-order chi connectivity index (χ0) is 11.0. The Morgan fingerprint density at radius 2 is 1.93 bits per heavy atom. The molecule has 1 heterocycles. The molecule has 0 atom stereocenters. The SMILES string of the molecule is CCc1ccc2c(C)c(C)c(=O)[nH]c2c1. The van der Waals surface area contributed by atoms with Crippen molar-refractivity contribution < 1.29 is 0 Å². The van der Waals surface area contributed by atoms with Gasteiger partial charge in [-0.3, -0.25) is 4.79 Å². The van der Waals surface area contributed by atoms with E-state index in [0.29, 0.717) is 0 Å². The number of nitrogens with one attached hydrogen (secondary N) is 1. The number of aromatic amines is 1. The van der Waals surface area contributed by atoms with Crippen molar-refractivity contribution >= 4 is 10.9 Å². The minimum Gasteiger partial charge on any atom is -0.322 e. The first-order valence-electron chi connectivity index (χ1n) is 5.25. The van der Waals surface area contributed by atoms with E-state index < -0.39 is 0 Å². The summed E-state index contributed by atoms with van der Waals surface area (Å²) in [6.45, 7) is 5.97. The highest BCUT2D eigenvalue weighted by atomic mass is 16.1. The molecule has 0 saturated heterocycles. The van der Waals surface area contributed by atoms with Crippen LogP contribution in [0, 0.1) is 13.8 Å². The zero-order valence-corrected chi connectivity index (χ0v) is 9.35. The summed E-state index contributed by atoms with van der Waals surface area (Å²) in [4.78, 5) is 14.5. The first-order chi connectivity index (χ1) is 7.13. The molecule has 0 unspecified atom stereocenters. The van der Waals surface area contributed by atoms with E-state index in [1.807, 2.05) is 13.8 Å². The summed E-state index contributed by atoms with van der Waals surface area (Å²) in [5.41, 5.74) is 4.11. The van der Waals surface area contributed by atoms with Crippen LogP contribution in [0.5, 0.6) is 0 Å². The Balaban J connectivity index is 2.86. The fraction of sp³-hybridized carbons (Fsp3) is 0.308. The van der Waals surface area contributed by atoms with Gasteiger partial charge in [0.25, 0.3) is 5.56 Å². The van der Waals surface area contributed by atoms with Crippen LogP contribution in [-0.2, 0) is 6.42 Å². The van der Waals surface area contributed by atoms with E-state index in [9.17, 15) is 4.79 Å². The Kier molecular flexibility index (Phi) is 2.35. The van der Waals surface area contributed by atoms with Crippen LogP contribution >= 0.6 is 0 Å². The van der Waals surface area contributed by atoms with Gasteiger partial charge in [0.15, 0.2) is 0 Å². The molecule has 78 valence electrons. The Morgan fingerprint density at radius 1 is 1.20 bits per heavy atom. The molecule has 2 heteroatoms. The molecule has 0 spiro atoms. The van der Waals surface area contributed by atoms with Crippen molar-refractivity contribution in [1.82, 2.24) is 4.98 Å². The number of rotatable bonds is 1. The maximum atomic E-state index is 11.6. The van der Waals surface area contributed by atoms with E-state index in [1.54, 1.807) is 0 Å². The van der Waals surface area contributed by atoms with Gasteiger partial charge in [-0.05, 0) is 37.5 Å². The van der Waals surface area contributed by atoms with Gasteiger partial charge in [-0.1, -0.05) is 19.1 Å². The highest BCUT2D eigenvalue weighted by molar-refractivity contribution is 5.83. The number of hydrogen-bond acceptors (Lipinski definition) is 1. The predicted molar refractivity (Wildman–Crippen MR) is 63.4 cm³/mol. The second kappa shape index (κ2) is 3.54. The van der Waals surface area contributed by atoms with E-state index in [1.165, 1.54) is 5.56 Å². The van der Waals surface area contributed by atoms with E-state index in [2.05, 4.69) is 30.1 Å². The quantitative estimate of drug-likeness (QED) is 0.756. The first-order valence-corrected chi connectivity index (χ1v) is 5.25. The number of fused-ring (bicyclic) bond motifs is 1. The monoisotopic (exact) mass is 201 g/mol. The number of hydrogen-bond donors (Lipinski definition) is 1. The van der Waals surface area contributed by atoms with E-state index in [-0.39, 0.29) is 5.56 Å². The third-order valence-electron chi connectivity index (χ3n) is 3.05. The van der Waals surface area contributed by atoms with Crippen molar-refractivity contribution in [3.63, 3.8) is 0 Å². The van der Waals surface area contributed by atoms with Crippen LogP contribution in [0.25, 0.3) is 10.9 Å². The molecule has 1 aromatic heterocycles. The summed E-state index contributed by atoms with van der Waals surface area (Å²) >= 11 is 0. The van der Waals surface area contributed by atoms with Crippen molar-refractivity contribution in [2.75, 3.05) is 0 Å². The smallest absolute Gasteiger partial charge is 0.251 e. The summed E-state index contributed by atoms with van der Waals surface area (Å²) < 4.78 is 0. The Hall–Kier alpha value is -1.57. The molecule has 2 rings (SSSR count). The summed E-state index contributed by atoms with van der Waals surface area (Å²) in [5, 5.41) is 1.14. The summed E-state index contributed by atoms with van der Waals surface area (Å²) in [6.07, 6.45) is 0.991. The largest absolute Gasteiger partial charge is 0.322 e. The summed E-state index contributed by atoms with van der Waals surface area (Å²) in [6, 6.07) is 6.27. The second-order valence-electron chi connectivity index (χ2n) is 3.94. The molecule has 0 aliphatic heterocycles. The summed E-state index contributed by atoms with van der Waals surface area (Å²) in [7, 11) is 0. The lowest BCUT2D eigenvalue weighted by molar-refractivity contribution is 1.13. The molecular weight excluding hydrogens is 186 g/mol. The fourth-order valence-electron chi connectivity index (χ4n) is 1.83. The number of pyridine rings is 1. The molecular formula is C13H15NO. The molecule has 0 aliphatic rings. The molecule has 0 fully saturated rings. The van der Waals surface area contributed by atoms with Crippen LogP contribution in [0.3, 0.4) is 0 Å². The van der Waals surface area contributed by atoms with Crippen LogP contribution in [0.2, 0.25) is 0 Å². The van der Waals surface area contributed by atoms with Crippen LogP contribution < -0.4 is 5.56 Å². The van der Waals surface area contributed by atoms with Crippen molar-refractivity contribution in [3.05, 3.63) is 45.2 Å². The van der Waals surface area contributed by atoms with Crippen molar-refractivity contribution in [1.29, 1.82) is 0 Å². The number of aryl methyl sites for hydroxylation is 2. The van der Waals surface area contributed by atoms with Gasteiger partial charge >= 0.3 is 0 Å². The molecule has 0 amide bonds. The minimum atomic E-state index is 0.0215. The van der Waals surface area contributed by atoms with E-state index in [0.717, 1.165) is 28.5 Å². The van der Waals surface area contributed by atoms with Gasteiger partial charge in [0.05, 0.1) is 0 Å². The molecule has 2 aromatic rings. The number of H-pyrrole nitrogens is 1. The molecule has 15 heavy (non-hydrogen) atoms. The number of benzene rings is 1. The molecule has 1 aromatic carbocycles. The van der Waals surface area contributed by atoms with Gasteiger partial charge in [-0.25, -0.2) is 0 Å². The van der Waals surface area contributed by atoms with Crippen LogP contribution in [0.15, 0.2) is 23.0 Å². The molecule has 2 nitrogen and oxygen atoms in total. The highest BCUT2D eigenvalue weighted by Gasteiger charge is 2.04. The van der Waals surface area contributed by atoms with Gasteiger partial charge in [-0.2, -0.15) is 0 Å². The normalized spacial score (nSPS) is 10.9. The number of aromatic nitrogens is 1. The molecule has 0 aliphatic carbocycles. The van der Waals surface area contributed by atoms with Gasteiger partial charge in [0.2, 0.25) is 0 Å². The molecule has 1 N–H and O–H groups in total. The van der Waals surface area contributed by atoms with Crippen molar-refractivity contribution in [3.8, 4) is 0 Å². The molecule has 0 radical (unpaired) electrons. The van der Waals surface area contributed by atoms with Gasteiger partial charge < -0.3 is 4.98 Å². The van der Waals surface area contributed by atoms with E-state index >= 15 is 0 Å². The van der Waals surface area contributed by atoms with Gasteiger partial charge in [0, 0.05) is 16.5 Å². The van der Waals surface area contributed by atoms with Gasteiger partial charge in [-0.15, -0.1) is 0 Å². The lowest BCUT2D eigenvalue weighted by atomic mass is 10.0. The molecule has 0 saturated carbocycles. The van der Waals surface area contributed by atoms with Crippen LogP contribution in [0.4, 0.5) is 0 Å². The van der Waals surface area contributed by atoms with Crippen LogP contribution in [-0.4, -0.2) is 4.98 Å². The highest BCUT2D eigenvalue weighted by Crippen LogP contribution is 2.18. The third kappa shape index (κ3) is 1.56. The van der Waals surface area contributed by atoms with Crippen molar-refractivity contribution in [2.24, 2.45) is 0 Å². The molecule has 0 bridgehead atoms. The van der Waals surface area contributed by atoms with Gasteiger partial charge in [0.1, 0.15) is 0 Å². The average Bonchev–Trinajstić information content (AvgIpc) is 2.25. The third-order valence-corrected chi connectivity index (χ3v) is 3.05. The minimum absolute atomic E-state index is 0.0215. The second-order valence-corrected chi connectivity index (χ2v) is 3.94. The standard InChI is InChI=1S/C13H15NO/c1-4-10-5-6-11-8(2)9(3)13(15)14-12(11)7-10/h5-7H,4H2,1-3H3,(H,14,15). The topological polar surface area (TPSA) is 32.9 Å². The Bertz CT molecular complexity index is 566. The maximum absolute atomic E-state index is 11.6. The Labute approximate surface area is 89.0 Å². The zero-order valence-electron chi connectivity index (χ0n) is 9.35. The lowest BCUT2D eigenvalue weighted by Gasteiger charge is -2.06. The fourth-order valence-corrected chi connectivity index (χ4v) is 1.83. The first kappa shape index (κ1) is 9.97. The van der Waals surface area contributed by atoms with Crippen LogP contribution in [0.1, 0.15) is 23.6 Å².